The molecule has 1 saturated heterocycles. The van der Waals surface area contributed by atoms with Crippen molar-refractivity contribution in [2.75, 3.05) is 11.5 Å². The topological polar surface area (TPSA) is 93.6 Å². The molecule has 6 unspecified atom stereocenters. The number of hydrogen-bond donors (Lipinski definition) is 0. The Morgan fingerprint density at radius 1 is 0.755 bits per heavy atom. The molecule has 4 aliphatic carbocycles. The molecule has 2 bridgehead atoms. The Kier molecular flexibility index (Phi) is 6.98. The average molecular weight is 710 g/mol. The molecule has 5 aliphatic rings. The van der Waals surface area contributed by atoms with E-state index in [0.717, 1.165) is 22.0 Å². The number of rotatable bonds is 7. The Bertz CT molecular complexity index is 2200. The number of anilines is 1. The summed E-state index contributed by atoms with van der Waals surface area (Å²) in [5.41, 5.74) is 5.10. The number of benzene rings is 4. The van der Waals surface area contributed by atoms with Crippen LogP contribution in [0.2, 0.25) is 0 Å². The van der Waals surface area contributed by atoms with Gasteiger partial charge in [0.1, 0.15) is 0 Å². The summed E-state index contributed by atoms with van der Waals surface area (Å²) in [5, 5.41) is 0.580. The largest absolute Gasteiger partial charge is 0.454 e. The van der Waals surface area contributed by atoms with Gasteiger partial charge in [0, 0.05) is 21.0 Å². The fourth-order valence-corrected chi connectivity index (χ4v) is 8.64. The molecule has 1 aromatic heterocycles. The van der Waals surface area contributed by atoms with Gasteiger partial charge in [-0.25, -0.2) is 9.78 Å². The van der Waals surface area contributed by atoms with E-state index >= 15 is 0 Å². The first-order valence-electron chi connectivity index (χ1n) is 16.5. The van der Waals surface area contributed by atoms with Crippen molar-refractivity contribution in [1.29, 1.82) is 0 Å². The SMILES string of the molecule is O=C(COC(=O)c1cc(-c2ccc(N3C(=O)C4C5C=CC(C6CC56)C4C3=O)cc2)nc2ccc(Br)cc12)c1ccc(-c2ccccc2)cc1. The molecule has 0 N–H and O–H groups in total. The third kappa shape index (κ3) is 4.96. The van der Waals surface area contributed by atoms with Gasteiger partial charge in [-0.3, -0.25) is 19.3 Å². The number of halogens is 1. The van der Waals surface area contributed by atoms with Crippen LogP contribution in [0.3, 0.4) is 0 Å². The van der Waals surface area contributed by atoms with Crippen LogP contribution < -0.4 is 4.90 Å². The van der Waals surface area contributed by atoms with Gasteiger partial charge in [-0.05, 0) is 77.6 Å². The number of fused-ring (bicyclic) bond motifs is 1. The van der Waals surface area contributed by atoms with Crippen LogP contribution in [0, 0.1) is 35.5 Å². The van der Waals surface area contributed by atoms with Gasteiger partial charge in [-0.2, -0.15) is 0 Å². The first-order valence-corrected chi connectivity index (χ1v) is 17.3. The van der Waals surface area contributed by atoms with Crippen molar-refractivity contribution in [2.24, 2.45) is 35.5 Å². The van der Waals surface area contributed by atoms with Gasteiger partial charge in [0.05, 0.1) is 34.3 Å². The highest BCUT2D eigenvalue weighted by Crippen LogP contribution is 2.65. The maximum Gasteiger partial charge on any atom is 0.339 e. The summed E-state index contributed by atoms with van der Waals surface area (Å²) < 4.78 is 6.34. The van der Waals surface area contributed by atoms with E-state index in [0.29, 0.717) is 45.2 Å². The van der Waals surface area contributed by atoms with Crippen LogP contribution in [-0.2, 0) is 14.3 Å². The van der Waals surface area contributed by atoms with Gasteiger partial charge in [0.15, 0.2) is 12.4 Å². The predicted octanol–water partition coefficient (Wildman–Crippen LogP) is 7.93. The minimum absolute atomic E-state index is 0.103. The van der Waals surface area contributed by atoms with E-state index in [2.05, 4.69) is 28.1 Å². The molecular weight excluding hydrogens is 680 g/mol. The summed E-state index contributed by atoms with van der Waals surface area (Å²) in [5.74, 6) is -0.275. The van der Waals surface area contributed by atoms with Gasteiger partial charge in [0.25, 0.3) is 0 Å². The highest BCUT2D eigenvalue weighted by molar-refractivity contribution is 9.10. The molecule has 3 fully saturated rings. The summed E-state index contributed by atoms with van der Waals surface area (Å²) in [6.45, 7) is -0.413. The third-order valence-corrected chi connectivity index (χ3v) is 11.2. The smallest absolute Gasteiger partial charge is 0.339 e. The number of Topliss-reactive ketones (excluding diaryl/α,β-unsaturated/α-hetero) is 1. The van der Waals surface area contributed by atoms with E-state index in [9.17, 15) is 19.2 Å². The Labute approximate surface area is 290 Å². The van der Waals surface area contributed by atoms with Crippen LogP contribution in [0.1, 0.15) is 27.1 Å². The molecule has 2 amide bonds. The molecule has 49 heavy (non-hydrogen) atoms. The maximum atomic E-state index is 13.6. The van der Waals surface area contributed by atoms with Gasteiger partial charge in [0.2, 0.25) is 11.8 Å². The Morgan fingerprint density at radius 2 is 1.39 bits per heavy atom. The second kappa shape index (κ2) is 11.4. The Balaban J connectivity index is 0.954. The molecule has 1 aliphatic heterocycles. The second-order valence-corrected chi connectivity index (χ2v) is 14.3. The van der Waals surface area contributed by atoms with Crippen molar-refractivity contribution >= 4 is 56.1 Å². The molecule has 5 aromatic rings. The maximum absolute atomic E-state index is 13.6. The Hall–Kier alpha value is -5.21. The minimum Gasteiger partial charge on any atom is -0.454 e. The van der Waals surface area contributed by atoms with Crippen molar-refractivity contribution in [3.05, 3.63) is 131 Å². The third-order valence-electron chi connectivity index (χ3n) is 10.7. The lowest BCUT2D eigenvalue weighted by atomic mass is 9.63. The molecule has 2 saturated carbocycles. The molecule has 0 radical (unpaired) electrons. The van der Waals surface area contributed by atoms with E-state index in [1.54, 1.807) is 36.4 Å². The van der Waals surface area contributed by atoms with Crippen molar-refractivity contribution < 1.29 is 23.9 Å². The van der Waals surface area contributed by atoms with Crippen LogP contribution in [0.5, 0.6) is 0 Å². The van der Waals surface area contributed by atoms with Crippen molar-refractivity contribution in [1.82, 2.24) is 4.98 Å². The molecule has 6 atom stereocenters. The summed E-state index contributed by atoms with van der Waals surface area (Å²) >= 11 is 3.49. The number of imide groups is 1. The monoisotopic (exact) mass is 708 g/mol. The summed E-state index contributed by atoms with van der Waals surface area (Å²) in [6.07, 6.45) is 5.46. The van der Waals surface area contributed by atoms with E-state index in [4.69, 9.17) is 9.72 Å². The number of ketones is 1. The minimum atomic E-state index is -0.644. The van der Waals surface area contributed by atoms with Crippen LogP contribution in [-0.4, -0.2) is 35.2 Å². The average Bonchev–Trinajstić information content (AvgIpc) is 3.92. The molecule has 2 heterocycles. The van der Waals surface area contributed by atoms with Crippen LogP contribution in [0.4, 0.5) is 5.69 Å². The first-order chi connectivity index (χ1) is 23.9. The number of nitrogens with zero attached hydrogens (tertiary/aromatic N) is 2. The number of carbonyl (C=O) groups excluding carboxylic acids is 4. The molecule has 10 rings (SSSR count). The number of carbonyl (C=O) groups is 4. The zero-order valence-electron chi connectivity index (χ0n) is 26.2. The molecule has 0 spiro atoms. The van der Waals surface area contributed by atoms with E-state index in [1.165, 1.54) is 4.90 Å². The van der Waals surface area contributed by atoms with Crippen LogP contribution in [0.15, 0.2) is 120 Å². The van der Waals surface area contributed by atoms with Crippen molar-refractivity contribution in [2.45, 2.75) is 6.42 Å². The van der Waals surface area contributed by atoms with Gasteiger partial charge in [-0.15, -0.1) is 0 Å². The first kappa shape index (κ1) is 29.9. The molecule has 7 nitrogen and oxygen atoms in total. The zero-order chi connectivity index (χ0) is 33.4. The fourth-order valence-electron chi connectivity index (χ4n) is 8.28. The summed E-state index contributed by atoms with van der Waals surface area (Å²) in [6, 6.07) is 31.4. The number of allylic oxidation sites excluding steroid dienone is 2. The predicted molar refractivity (Wildman–Crippen MR) is 189 cm³/mol. The number of aromatic nitrogens is 1. The van der Waals surface area contributed by atoms with E-state index < -0.39 is 12.6 Å². The lowest BCUT2D eigenvalue weighted by Crippen LogP contribution is -2.40. The van der Waals surface area contributed by atoms with E-state index in [1.807, 2.05) is 66.7 Å². The molecule has 8 heteroatoms. The number of amides is 2. The number of esters is 1. The van der Waals surface area contributed by atoms with Crippen LogP contribution in [0.25, 0.3) is 33.3 Å². The molecule has 4 aromatic carbocycles. The summed E-state index contributed by atoms with van der Waals surface area (Å²) in [4.78, 5) is 59.9. The molecular formula is C41H29BrN2O5. The summed E-state index contributed by atoms with van der Waals surface area (Å²) in [7, 11) is 0. The quantitative estimate of drug-likeness (QED) is 0.0738. The number of hydrogen-bond acceptors (Lipinski definition) is 6. The highest BCUT2D eigenvalue weighted by Gasteiger charge is 2.67. The molecule has 240 valence electrons. The normalized spacial score (nSPS) is 24.6. The lowest BCUT2D eigenvalue weighted by Gasteiger charge is -2.37. The fraction of sp³-hybridized carbons (Fsp3) is 0.195. The number of ether oxygens (including phenoxy) is 1. The number of pyridine rings is 1. The zero-order valence-corrected chi connectivity index (χ0v) is 27.7. The van der Waals surface area contributed by atoms with Gasteiger partial charge < -0.3 is 4.74 Å². The van der Waals surface area contributed by atoms with Crippen LogP contribution >= 0.6 is 15.9 Å². The highest BCUT2D eigenvalue weighted by atomic mass is 79.9. The van der Waals surface area contributed by atoms with Crippen molar-refractivity contribution in [3.8, 4) is 22.4 Å². The van der Waals surface area contributed by atoms with Gasteiger partial charge >= 0.3 is 5.97 Å². The second-order valence-electron chi connectivity index (χ2n) is 13.4. The van der Waals surface area contributed by atoms with E-state index in [-0.39, 0.29) is 46.8 Å². The van der Waals surface area contributed by atoms with Gasteiger partial charge in [-0.1, -0.05) is 94.8 Å². The standard InChI is InChI=1S/C41H29BrN2O5/c42-26-12-17-34-32(18-26)33(41(48)49-21-36(45)25-8-6-23(7-9-25)22-4-2-1-3-5-22)20-35(43-34)24-10-13-27(14-11-24)44-39(46)37-28-15-16-29(31-19-30(28)31)38(37)40(44)47/h1-18,20,28-31,37-38H,19,21H2. The van der Waals surface area contributed by atoms with Crippen molar-refractivity contribution in [3.63, 3.8) is 0 Å². The Morgan fingerprint density at radius 3 is 2.06 bits per heavy atom. The lowest BCUT2D eigenvalue weighted by molar-refractivity contribution is -0.124.